The summed E-state index contributed by atoms with van der Waals surface area (Å²) in [7, 11) is 0. The lowest BCUT2D eigenvalue weighted by atomic mass is 9.67. The topological polar surface area (TPSA) is 12.4 Å². The molecule has 0 aromatic heterocycles. The van der Waals surface area contributed by atoms with Crippen LogP contribution >= 0.6 is 0 Å². The highest BCUT2D eigenvalue weighted by atomic mass is 14.8. The van der Waals surface area contributed by atoms with E-state index in [2.05, 4.69) is 152 Å². The lowest BCUT2D eigenvalue weighted by Gasteiger charge is -2.34. The highest BCUT2D eigenvalue weighted by Gasteiger charge is 2.46. The number of hydrogen-bond donors (Lipinski definition) is 0. The van der Waals surface area contributed by atoms with Gasteiger partial charge in [-0.1, -0.05) is 140 Å². The Hall–Kier alpha value is -5.79. The van der Waals surface area contributed by atoms with Crippen molar-refractivity contribution in [3.8, 4) is 11.1 Å². The summed E-state index contributed by atoms with van der Waals surface area (Å²) in [4.78, 5) is 5.10. The van der Waals surface area contributed by atoms with Crippen molar-refractivity contribution in [2.75, 3.05) is 0 Å². The molecule has 2 aliphatic rings. The lowest BCUT2D eigenvalue weighted by molar-refractivity contribution is 0.770. The minimum Gasteiger partial charge on any atom is -0.252 e. The third kappa shape index (κ3) is 4.14. The molecule has 1 atom stereocenters. The van der Waals surface area contributed by atoms with E-state index in [9.17, 15) is 0 Å². The molecule has 228 valence electrons. The molecule has 1 heterocycles. The van der Waals surface area contributed by atoms with Crippen LogP contribution in [0.4, 0.5) is 5.69 Å². The molecule has 48 heavy (non-hydrogen) atoms. The van der Waals surface area contributed by atoms with Crippen LogP contribution in [0.1, 0.15) is 47.2 Å². The molecule has 1 nitrogen and oxygen atoms in total. The van der Waals surface area contributed by atoms with Gasteiger partial charge in [-0.15, -0.1) is 0 Å². The Morgan fingerprint density at radius 3 is 1.85 bits per heavy atom. The Morgan fingerprint density at radius 2 is 1.12 bits per heavy atom. The number of aliphatic imine (C=N–C) groups is 1. The largest absolute Gasteiger partial charge is 0.252 e. The Balaban J connectivity index is 0.000000746. The molecular formula is C47H35N. The van der Waals surface area contributed by atoms with Crippen LogP contribution in [0.5, 0.6) is 0 Å². The first-order valence-corrected chi connectivity index (χ1v) is 16.9. The lowest BCUT2D eigenvalue weighted by Crippen LogP contribution is -2.29. The maximum atomic E-state index is 5.10. The van der Waals surface area contributed by atoms with Crippen LogP contribution in [0.2, 0.25) is 0 Å². The standard InChI is InChI=1S/C43H27N.C4H8/c1-2-12-33(13-3-1)43(34-23-31-19-17-27-10-8-11-28-18-20-32(24-34)42(31)41(27)28)37-15-6-5-14-35(37)36-22-21-30(25-38(36)43)40-26-29-9-4-7-16-39(29)44-40;1-3-4-2/h1-25H,26H2;3-4H,1-2H3/b;4-3-. The fourth-order valence-electron chi connectivity index (χ4n) is 8.21. The minimum atomic E-state index is -0.473. The van der Waals surface area contributed by atoms with Crippen molar-refractivity contribution in [3.05, 3.63) is 197 Å². The molecule has 1 aliphatic carbocycles. The van der Waals surface area contributed by atoms with E-state index >= 15 is 0 Å². The van der Waals surface area contributed by atoms with Gasteiger partial charge < -0.3 is 0 Å². The molecule has 1 aliphatic heterocycles. The summed E-state index contributed by atoms with van der Waals surface area (Å²) in [5, 5.41) is 7.88. The molecule has 10 rings (SSSR count). The number of allylic oxidation sites excluding steroid dienone is 2. The molecular weight excluding hydrogens is 579 g/mol. The molecule has 0 amide bonds. The van der Waals surface area contributed by atoms with Gasteiger partial charge >= 0.3 is 0 Å². The molecule has 0 bridgehead atoms. The quantitative estimate of drug-likeness (QED) is 0.139. The van der Waals surface area contributed by atoms with Crippen LogP contribution < -0.4 is 0 Å². The highest BCUT2D eigenvalue weighted by molar-refractivity contribution is 6.23. The summed E-state index contributed by atoms with van der Waals surface area (Å²) in [5.74, 6) is 0. The second-order valence-corrected chi connectivity index (χ2v) is 13.0. The molecule has 0 radical (unpaired) electrons. The zero-order chi connectivity index (χ0) is 32.2. The van der Waals surface area contributed by atoms with Gasteiger partial charge in [-0.05, 0) is 115 Å². The highest BCUT2D eigenvalue weighted by Crippen LogP contribution is 2.57. The van der Waals surface area contributed by atoms with Gasteiger partial charge in [0.15, 0.2) is 0 Å². The zero-order valence-electron chi connectivity index (χ0n) is 27.2. The fourth-order valence-corrected chi connectivity index (χ4v) is 8.21. The smallest absolute Gasteiger partial charge is 0.0714 e. The second-order valence-electron chi connectivity index (χ2n) is 13.0. The maximum Gasteiger partial charge on any atom is 0.0714 e. The molecule has 0 spiro atoms. The summed E-state index contributed by atoms with van der Waals surface area (Å²) < 4.78 is 0. The van der Waals surface area contributed by atoms with Crippen LogP contribution in [0.15, 0.2) is 169 Å². The van der Waals surface area contributed by atoms with E-state index in [0.717, 1.165) is 17.8 Å². The molecule has 1 heteroatoms. The Bertz CT molecular complexity index is 2480. The summed E-state index contributed by atoms with van der Waals surface area (Å²) in [6, 6.07) is 56.5. The maximum absolute atomic E-state index is 5.10. The summed E-state index contributed by atoms with van der Waals surface area (Å²) in [6.45, 7) is 4.00. The van der Waals surface area contributed by atoms with Gasteiger partial charge in [-0.2, -0.15) is 0 Å². The predicted octanol–water partition coefficient (Wildman–Crippen LogP) is 12.2. The molecule has 0 saturated heterocycles. The Labute approximate surface area is 281 Å². The van der Waals surface area contributed by atoms with Crippen molar-refractivity contribution >= 4 is 43.7 Å². The fraction of sp³-hybridized carbons (Fsp3) is 0.0851. The second kappa shape index (κ2) is 11.2. The van der Waals surface area contributed by atoms with E-state index in [1.807, 2.05) is 26.0 Å². The van der Waals surface area contributed by atoms with E-state index in [1.54, 1.807) is 0 Å². The van der Waals surface area contributed by atoms with Gasteiger partial charge in [-0.3, -0.25) is 4.99 Å². The predicted molar refractivity (Wildman–Crippen MR) is 204 cm³/mol. The average Bonchev–Trinajstić information content (AvgIpc) is 3.72. The number of fused-ring (bicyclic) bond motifs is 4. The third-order valence-electron chi connectivity index (χ3n) is 10.4. The number of nitrogens with zero attached hydrogens (tertiary/aromatic N) is 1. The minimum absolute atomic E-state index is 0.473. The van der Waals surface area contributed by atoms with Crippen LogP contribution in [0, 0.1) is 0 Å². The van der Waals surface area contributed by atoms with E-state index in [4.69, 9.17) is 4.99 Å². The van der Waals surface area contributed by atoms with Gasteiger partial charge in [0.1, 0.15) is 0 Å². The van der Waals surface area contributed by atoms with Crippen LogP contribution in [-0.4, -0.2) is 5.71 Å². The first kappa shape index (κ1) is 28.4. The van der Waals surface area contributed by atoms with Crippen molar-refractivity contribution in [1.82, 2.24) is 0 Å². The van der Waals surface area contributed by atoms with Crippen molar-refractivity contribution in [1.29, 1.82) is 0 Å². The normalized spacial score (nSPS) is 16.2. The van der Waals surface area contributed by atoms with Crippen molar-refractivity contribution in [3.63, 3.8) is 0 Å². The van der Waals surface area contributed by atoms with Crippen molar-refractivity contribution < 1.29 is 0 Å². The summed E-state index contributed by atoms with van der Waals surface area (Å²) in [5.41, 5.74) is 12.1. The van der Waals surface area contributed by atoms with Crippen LogP contribution in [-0.2, 0) is 11.8 Å². The molecule has 0 fully saturated rings. The number of para-hydroxylation sites is 1. The van der Waals surface area contributed by atoms with E-state index in [0.29, 0.717) is 0 Å². The van der Waals surface area contributed by atoms with Crippen LogP contribution in [0.3, 0.4) is 0 Å². The van der Waals surface area contributed by atoms with Gasteiger partial charge in [0, 0.05) is 6.42 Å². The molecule has 8 aromatic carbocycles. The van der Waals surface area contributed by atoms with Crippen LogP contribution in [0.25, 0.3) is 43.4 Å². The van der Waals surface area contributed by atoms with Crippen molar-refractivity contribution in [2.24, 2.45) is 4.99 Å². The molecule has 0 saturated carbocycles. The van der Waals surface area contributed by atoms with E-state index in [1.165, 1.54) is 76.8 Å². The number of benzene rings is 8. The van der Waals surface area contributed by atoms with E-state index in [-0.39, 0.29) is 0 Å². The summed E-state index contributed by atoms with van der Waals surface area (Å²) >= 11 is 0. The first-order chi connectivity index (χ1) is 23.7. The molecule has 0 N–H and O–H groups in total. The van der Waals surface area contributed by atoms with Gasteiger partial charge in [0.05, 0.1) is 16.8 Å². The monoisotopic (exact) mass is 613 g/mol. The Morgan fingerprint density at radius 1 is 0.500 bits per heavy atom. The number of hydrogen-bond acceptors (Lipinski definition) is 1. The first-order valence-electron chi connectivity index (χ1n) is 16.9. The van der Waals surface area contributed by atoms with Crippen molar-refractivity contribution in [2.45, 2.75) is 25.7 Å². The van der Waals surface area contributed by atoms with Gasteiger partial charge in [0.2, 0.25) is 0 Å². The third-order valence-corrected chi connectivity index (χ3v) is 10.4. The average molecular weight is 614 g/mol. The zero-order valence-corrected chi connectivity index (χ0v) is 27.2. The van der Waals surface area contributed by atoms with Gasteiger partial charge in [-0.25, -0.2) is 0 Å². The SMILES string of the molecule is C/C=C\C.c1ccc(C2(c3cc4ccc5cccc6ccc(c3)c4c56)c3ccccc3-c3ccc(C4=Nc5ccccc5C4)cc32)cc1. The van der Waals surface area contributed by atoms with Gasteiger partial charge in [0.25, 0.3) is 0 Å². The Kier molecular flexibility index (Phi) is 6.62. The van der Waals surface area contributed by atoms with E-state index < -0.39 is 5.41 Å². The molecule has 8 aromatic rings. The molecule has 1 unspecified atom stereocenters. The number of rotatable bonds is 3. The summed E-state index contributed by atoms with van der Waals surface area (Å²) in [6.07, 6.45) is 4.86.